The molecule has 3 fully saturated rings. The summed E-state index contributed by atoms with van der Waals surface area (Å²) in [5, 5.41) is 3.59. The fourth-order valence-electron chi connectivity index (χ4n) is 4.22. The van der Waals surface area contributed by atoms with Crippen molar-refractivity contribution in [3.05, 3.63) is 0 Å². The molecule has 2 aliphatic carbocycles. The molecule has 19 heavy (non-hydrogen) atoms. The highest BCUT2D eigenvalue weighted by Gasteiger charge is 2.37. The second kappa shape index (κ2) is 6.11. The van der Waals surface area contributed by atoms with Gasteiger partial charge in [0.1, 0.15) is 0 Å². The van der Waals surface area contributed by atoms with E-state index in [0.717, 1.165) is 24.0 Å². The molecule has 3 unspecified atom stereocenters. The molecule has 3 heteroatoms. The van der Waals surface area contributed by atoms with E-state index in [9.17, 15) is 0 Å². The van der Waals surface area contributed by atoms with Crippen LogP contribution < -0.4 is 5.32 Å². The van der Waals surface area contributed by atoms with Gasteiger partial charge in [0.05, 0.1) is 0 Å². The van der Waals surface area contributed by atoms with Crippen molar-refractivity contribution < 1.29 is 0 Å². The molecule has 3 atom stereocenters. The standard InChI is InChI=1S/C16H31N3/c1-3-13-4-7-15(17-2)16(12-13)19-10-8-18(9-11-19)14-5-6-14/h13-17H,3-12H2,1-2H3. The maximum absolute atomic E-state index is 3.59. The van der Waals surface area contributed by atoms with Gasteiger partial charge in [0.15, 0.2) is 0 Å². The molecule has 0 aromatic heterocycles. The van der Waals surface area contributed by atoms with Crippen molar-refractivity contribution in [2.75, 3.05) is 33.2 Å². The molecule has 1 heterocycles. The number of hydrogen-bond donors (Lipinski definition) is 1. The van der Waals surface area contributed by atoms with Gasteiger partial charge in [-0.2, -0.15) is 0 Å². The quantitative estimate of drug-likeness (QED) is 0.838. The Morgan fingerprint density at radius 3 is 2.21 bits per heavy atom. The van der Waals surface area contributed by atoms with E-state index in [1.165, 1.54) is 64.7 Å². The first kappa shape index (κ1) is 13.8. The number of nitrogens with one attached hydrogen (secondary N) is 1. The van der Waals surface area contributed by atoms with Gasteiger partial charge in [0, 0.05) is 44.3 Å². The van der Waals surface area contributed by atoms with E-state index in [4.69, 9.17) is 0 Å². The molecule has 2 saturated carbocycles. The van der Waals surface area contributed by atoms with Crippen LogP contribution in [0.25, 0.3) is 0 Å². The zero-order valence-electron chi connectivity index (χ0n) is 12.8. The van der Waals surface area contributed by atoms with E-state index in [1.807, 2.05) is 0 Å². The van der Waals surface area contributed by atoms with Crippen molar-refractivity contribution in [2.24, 2.45) is 5.92 Å². The molecule has 0 aromatic rings. The Morgan fingerprint density at radius 1 is 0.947 bits per heavy atom. The zero-order valence-corrected chi connectivity index (χ0v) is 12.8. The third-order valence-electron chi connectivity index (χ3n) is 5.75. The van der Waals surface area contributed by atoms with Crippen LogP contribution in [-0.2, 0) is 0 Å². The topological polar surface area (TPSA) is 18.5 Å². The highest BCUT2D eigenvalue weighted by atomic mass is 15.3. The number of likely N-dealkylation sites (N-methyl/N-ethyl adjacent to an activating group) is 1. The van der Waals surface area contributed by atoms with Crippen molar-refractivity contribution in [3.8, 4) is 0 Å². The number of rotatable bonds is 4. The predicted molar refractivity (Wildman–Crippen MR) is 80.4 cm³/mol. The molecule has 1 N–H and O–H groups in total. The minimum Gasteiger partial charge on any atom is -0.315 e. The van der Waals surface area contributed by atoms with E-state index in [2.05, 4.69) is 29.1 Å². The Hall–Kier alpha value is -0.120. The second-order valence-corrected chi connectivity index (χ2v) is 6.85. The molecule has 0 spiro atoms. The van der Waals surface area contributed by atoms with Crippen molar-refractivity contribution >= 4 is 0 Å². The van der Waals surface area contributed by atoms with Crippen LogP contribution in [0, 0.1) is 5.92 Å². The first-order valence-corrected chi connectivity index (χ1v) is 8.47. The molecule has 1 aliphatic heterocycles. The van der Waals surface area contributed by atoms with Gasteiger partial charge in [-0.15, -0.1) is 0 Å². The van der Waals surface area contributed by atoms with Gasteiger partial charge in [-0.3, -0.25) is 9.80 Å². The fraction of sp³-hybridized carbons (Fsp3) is 1.00. The molecule has 0 bridgehead atoms. The van der Waals surface area contributed by atoms with E-state index < -0.39 is 0 Å². The Bertz CT molecular complexity index is 282. The smallest absolute Gasteiger partial charge is 0.0252 e. The Labute approximate surface area is 118 Å². The van der Waals surface area contributed by atoms with Gasteiger partial charge in [-0.25, -0.2) is 0 Å². The summed E-state index contributed by atoms with van der Waals surface area (Å²) >= 11 is 0. The lowest BCUT2D eigenvalue weighted by Gasteiger charge is -2.46. The lowest BCUT2D eigenvalue weighted by molar-refractivity contribution is 0.0463. The predicted octanol–water partition coefficient (Wildman–Crippen LogP) is 1.93. The first-order valence-electron chi connectivity index (χ1n) is 8.47. The average Bonchev–Trinajstić information content (AvgIpc) is 3.31. The molecule has 3 rings (SSSR count). The number of piperazine rings is 1. The monoisotopic (exact) mass is 265 g/mol. The van der Waals surface area contributed by atoms with Crippen molar-refractivity contribution in [1.82, 2.24) is 15.1 Å². The van der Waals surface area contributed by atoms with E-state index in [-0.39, 0.29) is 0 Å². The van der Waals surface area contributed by atoms with E-state index >= 15 is 0 Å². The van der Waals surface area contributed by atoms with Gasteiger partial charge < -0.3 is 5.32 Å². The Balaban J connectivity index is 1.56. The third kappa shape index (κ3) is 3.14. The summed E-state index contributed by atoms with van der Waals surface area (Å²) in [5.41, 5.74) is 0. The highest BCUT2D eigenvalue weighted by Crippen LogP contribution is 2.32. The molecular weight excluding hydrogens is 234 g/mol. The van der Waals surface area contributed by atoms with E-state index in [1.54, 1.807) is 0 Å². The minimum absolute atomic E-state index is 0.732. The zero-order chi connectivity index (χ0) is 13.2. The second-order valence-electron chi connectivity index (χ2n) is 6.85. The summed E-state index contributed by atoms with van der Waals surface area (Å²) in [7, 11) is 2.16. The van der Waals surface area contributed by atoms with Gasteiger partial charge in [-0.1, -0.05) is 13.3 Å². The van der Waals surface area contributed by atoms with Crippen molar-refractivity contribution in [3.63, 3.8) is 0 Å². The molecule has 0 amide bonds. The first-order chi connectivity index (χ1) is 9.31. The van der Waals surface area contributed by atoms with Gasteiger partial charge in [0.25, 0.3) is 0 Å². The van der Waals surface area contributed by atoms with Crippen molar-refractivity contribution in [2.45, 2.75) is 63.6 Å². The molecule has 110 valence electrons. The lowest BCUT2D eigenvalue weighted by Crippen LogP contribution is -2.58. The molecular formula is C16H31N3. The molecule has 3 nitrogen and oxygen atoms in total. The number of nitrogens with zero attached hydrogens (tertiary/aromatic N) is 2. The summed E-state index contributed by atoms with van der Waals surface area (Å²) in [4.78, 5) is 5.52. The summed E-state index contributed by atoms with van der Waals surface area (Å²) in [5.74, 6) is 0.969. The van der Waals surface area contributed by atoms with Crippen molar-refractivity contribution in [1.29, 1.82) is 0 Å². The highest BCUT2D eigenvalue weighted by molar-refractivity contribution is 4.94. The summed E-state index contributed by atoms with van der Waals surface area (Å²) in [6, 6.07) is 2.48. The van der Waals surface area contributed by atoms with Crippen LogP contribution >= 0.6 is 0 Å². The fourth-order valence-corrected chi connectivity index (χ4v) is 4.22. The lowest BCUT2D eigenvalue weighted by atomic mass is 9.80. The summed E-state index contributed by atoms with van der Waals surface area (Å²) in [6.07, 6.45) is 8.52. The van der Waals surface area contributed by atoms with Crippen LogP contribution in [0.3, 0.4) is 0 Å². The van der Waals surface area contributed by atoms with Gasteiger partial charge >= 0.3 is 0 Å². The van der Waals surface area contributed by atoms with E-state index in [0.29, 0.717) is 0 Å². The summed E-state index contributed by atoms with van der Waals surface area (Å²) < 4.78 is 0. The molecule has 1 saturated heterocycles. The van der Waals surface area contributed by atoms with Crippen LogP contribution in [0.2, 0.25) is 0 Å². The van der Waals surface area contributed by atoms with Gasteiger partial charge in [-0.05, 0) is 45.1 Å². The van der Waals surface area contributed by atoms with Gasteiger partial charge in [0.2, 0.25) is 0 Å². The number of hydrogen-bond acceptors (Lipinski definition) is 3. The Kier molecular flexibility index (Phi) is 4.45. The minimum atomic E-state index is 0.732. The van der Waals surface area contributed by atoms with Crippen LogP contribution in [0.4, 0.5) is 0 Å². The third-order valence-corrected chi connectivity index (χ3v) is 5.75. The SMILES string of the molecule is CCC1CCC(NC)C(N2CCN(C3CC3)CC2)C1. The molecule has 3 aliphatic rings. The van der Waals surface area contributed by atoms with Crippen LogP contribution in [0.1, 0.15) is 45.4 Å². The van der Waals surface area contributed by atoms with Crippen LogP contribution in [0.15, 0.2) is 0 Å². The van der Waals surface area contributed by atoms with Crippen LogP contribution in [-0.4, -0.2) is 61.2 Å². The largest absolute Gasteiger partial charge is 0.315 e. The molecule has 0 aromatic carbocycles. The molecule has 0 radical (unpaired) electrons. The van der Waals surface area contributed by atoms with Crippen LogP contribution in [0.5, 0.6) is 0 Å². The maximum Gasteiger partial charge on any atom is 0.0252 e. The summed E-state index contributed by atoms with van der Waals surface area (Å²) in [6.45, 7) is 7.60. The Morgan fingerprint density at radius 2 is 1.63 bits per heavy atom. The average molecular weight is 265 g/mol. The normalized spacial score (nSPS) is 38.5. The maximum atomic E-state index is 3.59.